The van der Waals surface area contributed by atoms with Crippen molar-refractivity contribution in [1.29, 1.82) is 0 Å². The topological polar surface area (TPSA) is 81.0 Å². The number of ether oxygens (including phenoxy) is 1. The number of nitrogens with zero attached hydrogens (tertiary/aromatic N) is 6. The van der Waals surface area contributed by atoms with Crippen molar-refractivity contribution in [2.24, 2.45) is 7.05 Å². The van der Waals surface area contributed by atoms with Gasteiger partial charge in [0.15, 0.2) is 0 Å². The first-order valence-corrected chi connectivity index (χ1v) is 6.35. The lowest BCUT2D eigenvalue weighted by Gasteiger charge is -2.17. The number of rotatable bonds is 6. The molecule has 2 heterocycles. The van der Waals surface area contributed by atoms with E-state index in [1.54, 1.807) is 6.20 Å². The SMILES string of the molecule is CCNc1nc(OC)nc(N(C)Cc2nccn2C)n1. The number of aryl methyl sites for hydroxylation is 1. The average Bonchev–Trinajstić information content (AvgIpc) is 2.84. The van der Waals surface area contributed by atoms with Gasteiger partial charge in [-0.3, -0.25) is 0 Å². The minimum absolute atomic E-state index is 0.289. The molecule has 0 atom stereocenters. The van der Waals surface area contributed by atoms with E-state index >= 15 is 0 Å². The molecular formula is C12H19N7O. The highest BCUT2D eigenvalue weighted by Gasteiger charge is 2.12. The molecule has 0 aliphatic rings. The van der Waals surface area contributed by atoms with Crippen LogP contribution >= 0.6 is 0 Å². The summed E-state index contributed by atoms with van der Waals surface area (Å²) in [6, 6.07) is 0.289. The number of hydrogen-bond acceptors (Lipinski definition) is 7. The van der Waals surface area contributed by atoms with Crippen LogP contribution < -0.4 is 15.0 Å². The van der Waals surface area contributed by atoms with Gasteiger partial charge in [0.05, 0.1) is 13.7 Å². The molecule has 0 spiro atoms. The lowest BCUT2D eigenvalue weighted by atomic mass is 10.5. The Kier molecular flexibility index (Phi) is 4.34. The summed E-state index contributed by atoms with van der Waals surface area (Å²) in [4.78, 5) is 18.9. The van der Waals surface area contributed by atoms with Crippen LogP contribution in [-0.2, 0) is 13.6 Å². The molecule has 2 aromatic heterocycles. The standard InChI is InChI=1S/C12H19N7O/c1-5-13-10-15-11(17-12(16-10)20-4)19(3)8-9-14-6-7-18(9)2/h6-7H,5,8H2,1-4H3,(H,13,15,16,17). The van der Waals surface area contributed by atoms with Gasteiger partial charge in [-0.25, -0.2) is 4.98 Å². The van der Waals surface area contributed by atoms with E-state index in [9.17, 15) is 0 Å². The molecule has 0 aromatic carbocycles. The molecule has 1 N–H and O–H groups in total. The Morgan fingerprint density at radius 1 is 1.35 bits per heavy atom. The molecule has 8 heteroatoms. The Hall–Kier alpha value is -2.38. The van der Waals surface area contributed by atoms with Crippen LogP contribution in [0.25, 0.3) is 0 Å². The average molecular weight is 277 g/mol. The molecule has 8 nitrogen and oxygen atoms in total. The molecule has 0 unspecified atom stereocenters. The number of hydrogen-bond donors (Lipinski definition) is 1. The van der Waals surface area contributed by atoms with Crippen molar-refractivity contribution in [3.63, 3.8) is 0 Å². The van der Waals surface area contributed by atoms with Gasteiger partial charge in [-0.2, -0.15) is 15.0 Å². The fraction of sp³-hybridized carbons (Fsp3) is 0.500. The molecule has 2 aromatic rings. The van der Waals surface area contributed by atoms with E-state index < -0.39 is 0 Å². The summed E-state index contributed by atoms with van der Waals surface area (Å²) in [5.41, 5.74) is 0. The van der Waals surface area contributed by atoms with E-state index in [2.05, 4.69) is 25.3 Å². The van der Waals surface area contributed by atoms with Crippen LogP contribution in [-0.4, -0.2) is 45.2 Å². The molecule has 2 rings (SSSR count). The normalized spacial score (nSPS) is 10.4. The first-order chi connectivity index (χ1) is 9.63. The van der Waals surface area contributed by atoms with Crippen molar-refractivity contribution in [3.05, 3.63) is 18.2 Å². The lowest BCUT2D eigenvalue weighted by molar-refractivity contribution is 0.378. The maximum Gasteiger partial charge on any atom is 0.322 e. The zero-order chi connectivity index (χ0) is 14.5. The maximum absolute atomic E-state index is 5.10. The second-order valence-corrected chi connectivity index (χ2v) is 4.29. The summed E-state index contributed by atoms with van der Waals surface area (Å²) in [5.74, 6) is 1.97. The van der Waals surface area contributed by atoms with E-state index in [0.717, 1.165) is 12.4 Å². The van der Waals surface area contributed by atoms with Crippen LogP contribution in [0, 0.1) is 0 Å². The Bertz CT molecular complexity index is 569. The highest BCUT2D eigenvalue weighted by atomic mass is 16.5. The zero-order valence-electron chi connectivity index (χ0n) is 12.2. The van der Waals surface area contributed by atoms with Gasteiger partial charge in [0.25, 0.3) is 0 Å². The third-order valence-electron chi connectivity index (χ3n) is 2.76. The van der Waals surface area contributed by atoms with Gasteiger partial charge in [-0.15, -0.1) is 0 Å². The fourth-order valence-electron chi connectivity index (χ4n) is 1.68. The van der Waals surface area contributed by atoms with Crippen molar-refractivity contribution in [2.75, 3.05) is 30.9 Å². The molecule has 0 bridgehead atoms. The second-order valence-electron chi connectivity index (χ2n) is 4.29. The molecule has 108 valence electrons. The first-order valence-electron chi connectivity index (χ1n) is 6.35. The molecule has 0 saturated heterocycles. The molecular weight excluding hydrogens is 258 g/mol. The number of anilines is 2. The van der Waals surface area contributed by atoms with Gasteiger partial charge in [-0.05, 0) is 6.92 Å². The fourth-order valence-corrected chi connectivity index (χ4v) is 1.68. The Morgan fingerprint density at radius 2 is 2.15 bits per heavy atom. The van der Waals surface area contributed by atoms with Gasteiger partial charge in [-0.1, -0.05) is 0 Å². The van der Waals surface area contributed by atoms with Crippen LogP contribution in [0.5, 0.6) is 6.01 Å². The minimum atomic E-state index is 0.289. The molecule has 0 saturated carbocycles. The number of imidazole rings is 1. The Labute approximate surface area is 117 Å². The second kappa shape index (κ2) is 6.18. The minimum Gasteiger partial charge on any atom is -0.467 e. The molecule has 0 radical (unpaired) electrons. The molecule has 20 heavy (non-hydrogen) atoms. The summed E-state index contributed by atoms with van der Waals surface area (Å²) < 4.78 is 7.06. The smallest absolute Gasteiger partial charge is 0.322 e. The van der Waals surface area contributed by atoms with E-state index in [0.29, 0.717) is 18.4 Å². The predicted octanol–water partition coefficient (Wildman–Crippen LogP) is 0.682. The zero-order valence-corrected chi connectivity index (χ0v) is 12.2. The summed E-state index contributed by atoms with van der Waals surface area (Å²) in [7, 11) is 5.39. The van der Waals surface area contributed by atoms with Gasteiger partial charge in [0.1, 0.15) is 5.82 Å². The Morgan fingerprint density at radius 3 is 2.75 bits per heavy atom. The quantitative estimate of drug-likeness (QED) is 0.831. The highest BCUT2D eigenvalue weighted by Crippen LogP contribution is 2.15. The lowest BCUT2D eigenvalue weighted by Crippen LogP contribution is -2.22. The van der Waals surface area contributed by atoms with E-state index in [1.165, 1.54) is 7.11 Å². The van der Waals surface area contributed by atoms with Crippen molar-refractivity contribution < 1.29 is 4.74 Å². The molecule has 0 aliphatic heterocycles. The third-order valence-corrected chi connectivity index (χ3v) is 2.76. The maximum atomic E-state index is 5.10. The van der Waals surface area contributed by atoms with E-state index in [1.807, 2.05) is 36.7 Å². The number of aromatic nitrogens is 5. The number of methoxy groups -OCH3 is 1. The Balaban J connectivity index is 2.22. The van der Waals surface area contributed by atoms with Crippen LogP contribution in [0.4, 0.5) is 11.9 Å². The summed E-state index contributed by atoms with van der Waals surface area (Å²) in [6.45, 7) is 3.31. The highest BCUT2D eigenvalue weighted by molar-refractivity contribution is 5.37. The molecule has 0 aliphatic carbocycles. The summed E-state index contributed by atoms with van der Waals surface area (Å²) in [6.07, 6.45) is 3.67. The van der Waals surface area contributed by atoms with E-state index in [4.69, 9.17) is 4.74 Å². The van der Waals surface area contributed by atoms with Gasteiger partial charge >= 0.3 is 6.01 Å². The largest absolute Gasteiger partial charge is 0.467 e. The van der Waals surface area contributed by atoms with Crippen molar-refractivity contribution in [2.45, 2.75) is 13.5 Å². The van der Waals surface area contributed by atoms with Crippen LogP contribution in [0.3, 0.4) is 0 Å². The third kappa shape index (κ3) is 3.14. The number of nitrogens with one attached hydrogen (secondary N) is 1. The van der Waals surface area contributed by atoms with Gasteiger partial charge < -0.3 is 19.5 Å². The van der Waals surface area contributed by atoms with E-state index in [-0.39, 0.29) is 6.01 Å². The van der Waals surface area contributed by atoms with Crippen molar-refractivity contribution in [3.8, 4) is 6.01 Å². The first kappa shape index (κ1) is 14.0. The van der Waals surface area contributed by atoms with Crippen LogP contribution in [0.1, 0.15) is 12.7 Å². The predicted molar refractivity (Wildman–Crippen MR) is 75.9 cm³/mol. The van der Waals surface area contributed by atoms with Crippen molar-refractivity contribution >= 4 is 11.9 Å². The molecule has 0 fully saturated rings. The molecule has 0 amide bonds. The van der Waals surface area contributed by atoms with Gasteiger partial charge in [0, 0.05) is 33.0 Å². The van der Waals surface area contributed by atoms with Crippen LogP contribution in [0.2, 0.25) is 0 Å². The monoisotopic (exact) mass is 277 g/mol. The summed E-state index contributed by atoms with van der Waals surface area (Å²) >= 11 is 0. The summed E-state index contributed by atoms with van der Waals surface area (Å²) in [5, 5.41) is 3.06. The van der Waals surface area contributed by atoms with Gasteiger partial charge in [0.2, 0.25) is 11.9 Å². The van der Waals surface area contributed by atoms with Crippen molar-refractivity contribution in [1.82, 2.24) is 24.5 Å². The van der Waals surface area contributed by atoms with Crippen LogP contribution in [0.15, 0.2) is 12.4 Å².